The lowest BCUT2D eigenvalue weighted by atomic mass is 9.92. The molecule has 1 saturated carbocycles. The maximum absolute atomic E-state index is 14.6. The normalized spacial score (nSPS) is 20.8. The molecular weight excluding hydrogens is 310 g/mol. The minimum atomic E-state index is -0.705. The molecule has 2 aromatic rings. The highest BCUT2D eigenvalue weighted by molar-refractivity contribution is 5.37. The molecular formula is C19H22F2N2O. The number of hydrogen-bond acceptors (Lipinski definition) is 3. The predicted molar refractivity (Wildman–Crippen MR) is 89.9 cm³/mol. The Morgan fingerprint density at radius 2 is 1.71 bits per heavy atom. The highest BCUT2D eigenvalue weighted by Gasteiger charge is 2.20. The first-order valence-corrected chi connectivity index (χ1v) is 8.32. The summed E-state index contributed by atoms with van der Waals surface area (Å²) < 4.78 is 34.0. The maximum atomic E-state index is 14.6. The molecule has 5 heteroatoms. The van der Waals surface area contributed by atoms with E-state index in [-0.39, 0.29) is 11.8 Å². The van der Waals surface area contributed by atoms with Crippen LogP contribution in [0.4, 0.5) is 8.78 Å². The molecule has 3 rings (SSSR count). The molecule has 0 atom stereocenters. The topological polar surface area (TPSA) is 47.3 Å². The molecule has 1 aliphatic carbocycles. The van der Waals surface area contributed by atoms with Crippen LogP contribution in [0.5, 0.6) is 11.5 Å². The Kier molecular flexibility index (Phi) is 5.43. The summed E-state index contributed by atoms with van der Waals surface area (Å²) in [6.45, 7) is 0.344. The van der Waals surface area contributed by atoms with Crippen molar-refractivity contribution >= 4 is 0 Å². The Bertz CT molecular complexity index is 671. The zero-order valence-corrected chi connectivity index (χ0v) is 13.5. The van der Waals surface area contributed by atoms with Gasteiger partial charge >= 0.3 is 0 Å². The number of rotatable bonds is 5. The standard InChI is InChI=1S/C19H22F2N2O/c20-17-11-6-13(12-23-15-9-7-14(22)8-10-15)18(21)19(17)24-16-4-2-1-3-5-16/h1-6,11,14-15,23H,7-10,12,22H2/t14-,15+. The van der Waals surface area contributed by atoms with Gasteiger partial charge in [-0.05, 0) is 43.9 Å². The molecule has 3 N–H and O–H groups in total. The van der Waals surface area contributed by atoms with Crippen LogP contribution in [-0.2, 0) is 6.54 Å². The van der Waals surface area contributed by atoms with E-state index >= 15 is 0 Å². The first-order valence-electron chi connectivity index (χ1n) is 8.32. The van der Waals surface area contributed by atoms with Crippen molar-refractivity contribution in [2.24, 2.45) is 5.73 Å². The van der Waals surface area contributed by atoms with Crippen LogP contribution < -0.4 is 15.8 Å². The number of hydrogen-bond donors (Lipinski definition) is 2. The van der Waals surface area contributed by atoms with E-state index in [1.165, 1.54) is 12.1 Å². The second-order valence-electron chi connectivity index (χ2n) is 6.26. The predicted octanol–water partition coefficient (Wildman–Crippen LogP) is 4.12. The number of benzene rings is 2. The van der Waals surface area contributed by atoms with Crippen molar-refractivity contribution in [3.8, 4) is 11.5 Å². The largest absolute Gasteiger partial charge is 0.451 e. The summed E-state index contributed by atoms with van der Waals surface area (Å²) in [4.78, 5) is 0. The van der Waals surface area contributed by atoms with E-state index < -0.39 is 11.6 Å². The summed E-state index contributed by atoms with van der Waals surface area (Å²) in [5.41, 5.74) is 6.29. The molecule has 0 radical (unpaired) electrons. The zero-order valence-electron chi connectivity index (χ0n) is 13.5. The average Bonchev–Trinajstić information content (AvgIpc) is 2.60. The first kappa shape index (κ1) is 16.9. The molecule has 0 bridgehead atoms. The molecule has 0 aromatic heterocycles. The number of para-hydroxylation sites is 1. The van der Waals surface area contributed by atoms with Gasteiger partial charge in [0.05, 0.1) is 0 Å². The summed E-state index contributed by atoms with van der Waals surface area (Å²) in [5.74, 6) is -1.31. The van der Waals surface area contributed by atoms with E-state index in [0.29, 0.717) is 23.9 Å². The SMILES string of the molecule is N[C@H]1CC[C@@H](NCc2ccc(F)c(Oc3ccccc3)c2F)CC1. The van der Waals surface area contributed by atoms with Gasteiger partial charge in [0.1, 0.15) is 5.75 Å². The smallest absolute Gasteiger partial charge is 0.198 e. The summed E-state index contributed by atoms with van der Waals surface area (Å²) in [6.07, 6.45) is 3.92. The highest BCUT2D eigenvalue weighted by atomic mass is 19.1. The maximum Gasteiger partial charge on any atom is 0.198 e. The number of nitrogens with one attached hydrogen (secondary N) is 1. The van der Waals surface area contributed by atoms with Gasteiger partial charge in [-0.15, -0.1) is 0 Å². The number of halogens is 2. The van der Waals surface area contributed by atoms with Crippen molar-refractivity contribution in [2.45, 2.75) is 44.3 Å². The molecule has 0 amide bonds. The minimum Gasteiger partial charge on any atom is -0.451 e. The van der Waals surface area contributed by atoms with E-state index in [2.05, 4.69) is 5.32 Å². The molecule has 128 valence electrons. The monoisotopic (exact) mass is 332 g/mol. The van der Waals surface area contributed by atoms with Gasteiger partial charge in [-0.3, -0.25) is 0 Å². The van der Waals surface area contributed by atoms with Crippen LogP contribution in [0.3, 0.4) is 0 Å². The molecule has 3 nitrogen and oxygen atoms in total. The summed E-state index contributed by atoms with van der Waals surface area (Å²) in [5, 5.41) is 3.34. The van der Waals surface area contributed by atoms with Crippen LogP contribution in [-0.4, -0.2) is 12.1 Å². The van der Waals surface area contributed by atoms with Crippen LogP contribution in [0.1, 0.15) is 31.2 Å². The van der Waals surface area contributed by atoms with E-state index in [1.54, 1.807) is 24.3 Å². The van der Waals surface area contributed by atoms with Crippen LogP contribution in [0, 0.1) is 11.6 Å². The third-order valence-electron chi connectivity index (χ3n) is 4.45. The van der Waals surface area contributed by atoms with Crippen molar-refractivity contribution < 1.29 is 13.5 Å². The Morgan fingerprint density at radius 1 is 1.00 bits per heavy atom. The lowest BCUT2D eigenvalue weighted by molar-refractivity contribution is 0.338. The Morgan fingerprint density at radius 3 is 2.42 bits per heavy atom. The molecule has 1 fully saturated rings. The lowest BCUT2D eigenvalue weighted by Crippen LogP contribution is -2.37. The quantitative estimate of drug-likeness (QED) is 0.866. The second kappa shape index (κ2) is 7.73. The zero-order chi connectivity index (χ0) is 16.9. The van der Waals surface area contributed by atoms with Crippen molar-refractivity contribution in [2.75, 3.05) is 0 Å². The summed E-state index contributed by atoms with van der Waals surface area (Å²) in [7, 11) is 0. The van der Waals surface area contributed by atoms with Crippen LogP contribution in [0.25, 0.3) is 0 Å². The third-order valence-corrected chi connectivity index (χ3v) is 4.45. The molecule has 0 aliphatic heterocycles. The van der Waals surface area contributed by atoms with E-state index in [9.17, 15) is 8.78 Å². The van der Waals surface area contributed by atoms with Gasteiger partial charge in [-0.25, -0.2) is 8.78 Å². The molecule has 0 saturated heterocycles. The third kappa shape index (κ3) is 4.10. The van der Waals surface area contributed by atoms with Gasteiger partial charge in [-0.1, -0.05) is 24.3 Å². The van der Waals surface area contributed by atoms with Gasteiger partial charge < -0.3 is 15.8 Å². The van der Waals surface area contributed by atoms with Gasteiger partial charge in [0.15, 0.2) is 17.4 Å². The number of nitrogens with two attached hydrogens (primary N) is 1. The van der Waals surface area contributed by atoms with Crippen molar-refractivity contribution in [3.63, 3.8) is 0 Å². The second-order valence-corrected chi connectivity index (χ2v) is 6.26. The van der Waals surface area contributed by atoms with E-state index in [1.807, 2.05) is 6.07 Å². The van der Waals surface area contributed by atoms with Crippen molar-refractivity contribution in [1.82, 2.24) is 5.32 Å². The van der Waals surface area contributed by atoms with Gasteiger partial charge in [0.2, 0.25) is 0 Å². The Labute approximate surface area is 140 Å². The fourth-order valence-corrected chi connectivity index (χ4v) is 2.99. The minimum absolute atomic E-state index is 0.275. The summed E-state index contributed by atoms with van der Waals surface area (Å²) >= 11 is 0. The van der Waals surface area contributed by atoms with Gasteiger partial charge in [0.25, 0.3) is 0 Å². The van der Waals surface area contributed by atoms with Crippen LogP contribution in [0.2, 0.25) is 0 Å². The highest BCUT2D eigenvalue weighted by Crippen LogP contribution is 2.29. The van der Waals surface area contributed by atoms with Crippen LogP contribution >= 0.6 is 0 Å². The molecule has 1 aliphatic rings. The first-order chi connectivity index (χ1) is 11.6. The summed E-state index contributed by atoms with van der Waals surface area (Å²) in [6, 6.07) is 12.0. The average molecular weight is 332 g/mol. The number of ether oxygens (including phenoxy) is 1. The fourth-order valence-electron chi connectivity index (χ4n) is 2.99. The van der Waals surface area contributed by atoms with Gasteiger partial charge in [0, 0.05) is 24.2 Å². The van der Waals surface area contributed by atoms with Crippen LogP contribution in [0.15, 0.2) is 42.5 Å². The van der Waals surface area contributed by atoms with Crippen molar-refractivity contribution in [1.29, 1.82) is 0 Å². The Balaban J connectivity index is 1.69. The molecule has 0 spiro atoms. The van der Waals surface area contributed by atoms with Crippen molar-refractivity contribution in [3.05, 3.63) is 59.7 Å². The molecule has 24 heavy (non-hydrogen) atoms. The van der Waals surface area contributed by atoms with E-state index in [4.69, 9.17) is 10.5 Å². The Hall–Kier alpha value is -1.98. The molecule has 0 heterocycles. The molecule has 0 unspecified atom stereocenters. The van der Waals surface area contributed by atoms with Gasteiger partial charge in [-0.2, -0.15) is 0 Å². The van der Waals surface area contributed by atoms with E-state index in [0.717, 1.165) is 25.7 Å². The fraction of sp³-hybridized carbons (Fsp3) is 0.368. The lowest BCUT2D eigenvalue weighted by Gasteiger charge is -2.27. The molecule has 2 aromatic carbocycles.